The summed E-state index contributed by atoms with van der Waals surface area (Å²) in [5.41, 5.74) is 5.69. The van der Waals surface area contributed by atoms with E-state index < -0.39 is 0 Å². The Morgan fingerprint density at radius 1 is 1.08 bits per heavy atom. The van der Waals surface area contributed by atoms with Gasteiger partial charge in [-0.1, -0.05) is 35.9 Å². The average molecular weight is 320 g/mol. The summed E-state index contributed by atoms with van der Waals surface area (Å²) >= 11 is 0. The quantitative estimate of drug-likeness (QED) is 0.736. The second kappa shape index (κ2) is 6.71. The maximum atomic E-state index is 12.2. The number of nitrogens with one attached hydrogen (secondary N) is 1. The van der Waals surface area contributed by atoms with E-state index in [0.717, 1.165) is 5.69 Å². The summed E-state index contributed by atoms with van der Waals surface area (Å²) in [6.45, 7) is 6.61. The number of nitrogens with zero attached hydrogens (tertiary/aromatic N) is 2. The van der Waals surface area contributed by atoms with Crippen molar-refractivity contribution in [3.63, 3.8) is 0 Å². The Bertz CT molecular complexity index is 843. The maximum absolute atomic E-state index is 12.2. The number of imidazole rings is 1. The molecule has 0 aliphatic rings. The summed E-state index contributed by atoms with van der Waals surface area (Å²) in [5.74, 6) is -0.0405. The van der Waals surface area contributed by atoms with Gasteiger partial charge in [-0.3, -0.25) is 4.79 Å². The average Bonchev–Trinajstić information content (AvgIpc) is 2.95. The van der Waals surface area contributed by atoms with Crippen LogP contribution in [0.3, 0.4) is 0 Å². The Hall–Kier alpha value is -2.88. The summed E-state index contributed by atoms with van der Waals surface area (Å²) in [6.07, 6.45) is 5.86. The van der Waals surface area contributed by atoms with Gasteiger partial charge in [-0.15, -0.1) is 0 Å². The third kappa shape index (κ3) is 3.54. The third-order valence-corrected chi connectivity index (χ3v) is 3.97. The summed E-state index contributed by atoms with van der Waals surface area (Å²) in [6, 6.07) is 13.9. The van der Waals surface area contributed by atoms with E-state index in [-0.39, 0.29) is 12.5 Å². The molecule has 1 amide bonds. The molecule has 0 radical (unpaired) electrons. The van der Waals surface area contributed by atoms with Crippen molar-refractivity contribution >= 4 is 11.6 Å². The topological polar surface area (TPSA) is 37.9 Å². The summed E-state index contributed by atoms with van der Waals surface area (Å²) in [5, 5.41) is 2.90. The molecule has 122 valence electrons. The molecule has 0 fully saturated rings. The van der Waals surface area contributed by atoms with Crippen LogP contribution in [0.5, 0.6) is 0 Å². The molecule has 0 atom stereocenters. The highest BCUT2D eigenvalue weighted by molar-refractivity contribution is 5.89. The lowest BCUT2D eigenvalue weighted by Gasteiger charge is -2.07. The molecule has 0 aliphatic carbocycles. The molecule has 0 aliphatic heterocycles. The number of carbonyl (C=O) groups excluding carboxylic acids is 1. The predicted molar refractivity (Wildman–Crippen MR) is 95.2 cm³/mol. The van der Waals surface area contributed by atoms with E-state index in [2.05, 4.69) is 42.8 Å². The van der Waals surface area contributed by atoms with Gasteiger partial charge in [0.2, 0.25) is 6.33 Å². The second-order valence-electron chi connectivity index (χ2n) is 6.15. The molecule has 2 aromatic carbocycles. The number of hydrogen-bond donors (Lipinski definition) is 1. The van der Waals surface area contributed by atoms with Crippen molar-refractivity contribution in [2.45, 2.75) is 27.3 Å². The number of benzene rings is 2. The van der Waals surface area contributed by atoms with Crippen LogP contribution >= 0.6 is 0 Å². The number of hydrogen-bond acceptors (Lipinski definition) is 1. The lowest BCUT2D eigenvalue weighted by molar-refractivity contribution is -0.683. The molecule has 0 unspecified atom stereocenters. The second-order valence-corrected chi connectivity index (χ2v) is 6.15. The Balaban J connectivity index is 1.76. The molecule has 0 saturated heterocycles. The lowest BCUT2D eigenvalue weighted by Crippen LogP contribution is -2.38. The molecule has 3 aromatic rings. The minimum absolute atomic E-state index is 0.0405. The number of amides is 1. The van der Waals surface area contributed by atoms with Crippen LogP contribution in [0.2, 0.25) is 0 Å². The van der Waals surface area contributed by atoms with Crippen LogP contribution in [0, 0.1) is 20.8 Å². The highest BCUT2D eigenvalue weighted by Crippen LogP contribution is 2.20. The smallest absolute Gasteiger partial charge is 0.266 e. The van der Waals surface area contributed by atoms with Gasteiger partial charge in [-0.05, 0) is 44.0 Å². The van der Waals surface area contributed by atoms with Gasteiger partial charge in [-0.2, -0.15) is 0 Å². The minimum Gasteiger partial charge on any atom is -0.323 e. The number of rotatable bonds is 4. The predicted octanol–water partition coefficient (Wildman–Crippen LogP) is 3.33. The first kappa shape index (κ1) is 16.0. The fourth-order valence-electron chi connectivity index (χ4n) is 3.09. The van der Waals surface area contributed by atoms with Gasteiger partial charge in [0.15, 0.2) is 6.54 Å². The Morgan fingerprint density at radius 2 is 1.75 bits per heavy atom. The van der Waals surface area contributed by atoms with E-state index in [0.29, 0.717) is 0 Å². The molecule has 0 bridgehead atoms. The molecule has 0 saturated carbocycles. The van der Waals surface area contributed by atoms with E-state index in [1.54, 1.807) is 0 Å². The van der Waals surface area contributed by atoms with Gasteiger partial charge in [0.1, 0.15) is 18.1 Å². The molecule has 1 aromatic heterocycles. The van der Waals surface area contributed by atoms with Crippen molar-refractivity contribution in [1.82, 2.24) is 4.57 Å². The van der Waals surface area contributed by atoms with Crippen LogP contribution in [0.15, 0.2) is 61.2 Å². The Morgan fingerprint density at radius 3 is 2.42 bits per heavy atom. The van der Waals surface area contributed by atoms with Gasteiger partial charge < -0.3 is 5.32 Å². The molecule has 4 nitrogen and oxygen atoms in total. The van der Waals surface area contributed by atoms with E-state index >= 15 is 0 Å². The van der Waals surface area contributed by atoms with Gasteiger partial charge in [0, 0.05) is 5.69 Å². The van der Waals surface area contributed by atoms with Crippen molar-refractivity contribution < 1.29 is 9.36 Å². The number of para-hydroxylation sites is 1. The lowest BCUT2D eigenvalue weighted by atomic mass is 10.1. The zero-order chi connectivity index (χ0) is 17.1. The van der Waals surface area contributed by atoms with Crippen LogP contribution in [0.4, 0.5) is 5.69 Å². The number of aromatic nitrogens is 2. The first-order valence-electron chi connectivity index (χ1n) is 8.03. The largest absolute Gasteiger partial charge is 0.323 e. The summed E-state index contributed by atoms with van der Waals surface area (Å²) in [7, 11) is 0. The van der Waals surface area contributed by atoms with Crippen LogP contribution in [0.1, 0.15) is 16.7 Å². The van der Waals surface area contributed by atoms with E-state index in [1.807, 2.05) is 53.6 Å². The van der Waals surface area contributed by atoms with Crippen molar-refractivity contribution in [3.8, 4) is 5.69 Å². The molecule has 0 spiro atoms. The van der Waals surface area contributed by atoms with E-state index in [1.165, 1.54) is 22.4 Å². The molecule has 4 heteroatoms. The fraction of sp³-hybridized carbons (Fsp3) is 0.200. The molecule has 24 heavy (non-hydrogen) atoms. The minimum atomic E-state index is -0.0405. The van der Waals surface area contributed by atoms with Gasteiger partial charge in [0.05, 0.1) is 0 Å². The first-order valence-corrected chi connectivity index (χ1v) is 8.03. The van der Waals surface area contributed by atoms with E-state index in [9.17, 15) is 4.79 Å². The molecular formula is C20H22N3O+. The number of aryl methyl sites for hydroxylation is 3. The van der Waals surface area contributed by atoms with Crippen LogP contribution < -0.4 is 9.88 Å². The summed E-state index contributed by atoms with van der Waals surface area (Å²) in [4.78, 5) is 12.2. The third-order valence-electron chi connectivity index (χ3n) is 3.97. The van der Waals surface area contributed by atoms with Crippen molar-refractivity contribution in [1.29, 1.82) is 0 Å². The first-order chi connectivity index (χ1) is 11.5. The standard InChI is InChI=1S/C20H21N3O/c1-15-11-16(2)20(17(3)12-15)23-10-9-22(14-23)13-19(24)21-18-7-5-4-6-8-18/h4-12,14H,13H2,1-3H3/p+1. The molecular weight excluding hydrogens is 298 g/mol. The monoisotopic (exact) mass is 320 g/mol. The fourth-order valence-corrected chi connectivity index (χ4v) is 3.09. The molecule has 1 N–H and O–H groups in total. The van der Waals surface area contributed by atoms with Gasteiger partial charge in [-0.25, -0.2) is 9.13 Å². The van der Waals surface area contributed by atoms with Crippen molar-refractivity contribution in [2.24, 2.45) is 0 Å². The van der Waals surface area contributed by atoms with Gasteiger partial charge in [0.25, 0.3) is 5.91 Å². The van der Waals surface area contributed by atoms with E-state index in [4.69, 9.17) is 0 Å². The molecule has 3 rings (SSSR count). The van der Waals surface area contributed by atoms with Crippen LogP contribution in [-0.4, -0.2) is 10.5 Å². The Labute approximate surface area is 142 Å². The zero-order valence-corrected chi connectivity index (χ0v) is 14.3. The zero-order valence-electron chi connectivity index (χ0n) is 14.3. The normalized spacial score (nSPS) is 10.6. The van der Waals surface area contributed by atoms with Crippen LogP contribution in [-0.2, 0) is 11.3 Å². The number of anilines is 1. The molecule has 1 heterocycles. The highest BCUT2D eigenvalue weighted by Gasteiger charge is 2.14. The summed E-state index contributed by atoms with van der Waals surface area (Å²) < 4.78 is 3.96. The number of carbonyl (C=O) groups is 1. The van der Waals surface area contributed by atoms with Crippen molar-refractivity contribution in [2.75, 3.05) is 5.32 Å². The SMILES string of the molecule is Cc1cc(C)c(-n2cc[n+](CC(=O)Nc3ccccc3)c2)c(C)c1. The maximum Gasteiger partial charge on any atom is 0.266 e. The van der Waals surface area contributed by atoms with Crippen LogP contribution in [0.25, 0.3) is 5.69 Å². The highest BCUT2D eigenvalue weighted by atomic mass is 16.1. The Kier molecular flexibility index (Phi) is 4.47. The van der Waals surface area contributed by atoms with Gasteiger partial charge >= 0.3 is 0 Å². The van der Waals surface area contributed by atoms with Crippen molar-refractivity contribution in [3.05, 3.63) is 77.9 Å².